The number of aliphatic hydroxyl groups excluding tert-OH is 1. The van der Waals surface area contributed by atoms with E-state index in [0.29, 0.717) is 0 Å². The molecule has 0 aliphatic carbocycles. The number of hydrogen-bond acceptors (Lipinski definition) is 3. The quantitative estimate of drug-likeness (QED) is 0.851. The second kappa shape index (κ2) is 5.19. The predicted octanol–water partition coefficient (Wildman–Crippen LogP) is 1.88. The Morgan fingerprint density at radius 2 is 2.38 bits per heavy atom. The molecule has 0 aromatic carbocycles. The van der Waals surface area contributed by atoms with Gasteiger partial charge in [-0.05, 0) is 34.0 Å². The third kappa shape index (κ3) is 3.74. The Labute approximate surface area is 86.3 Å². The summed E-state index contributed by atoms with van der Waals surface area (Å²) in [5, 5.41) is 11.9. The number of rotatable bonds is 4. The zero-order valence-corrected chi connectivity index (χ0v) is 9.08. The van der Waals surface area contributed by atoms with Crippen molar-refractivity contribution in [1.82, 2.24) is 4.98 Å². The lowest BCUT2D eigenvalue weighted by Crippen LogP contribution is -2.14. The van der Waals surface area contributed by atoms with Gasteiger partial charge in [0.25, 0.3) is 0 Å². The molecule has 1 aromatic heterocycles. The molecule has 0 spiro atoms. The second-order valence-corrected chi connectivity index (χ2v) is 3.95. The van der Waals surface area contributed by atoms with E-state index >= 15 is 0 Å². The van der Waals surface area contributed by atoms with Crippen molar-refractivity contribution in [2.45, 2.75) is 6.92 Å². The Kier molecular flexibility index (Phi) is 4.18. The summed E-state index contributed by atoms with van der Waals surface area (Å²) in [6.45, 7) is 2.92. The van der Waals surface area contributed by atoms with Gasteiger partial charge in [-0.25, -0.2) is 4.98 Å². The summed E-state index contributed by atoms with van der Waals surface area (Å²) in [7, 11) is 0. The molecule has 0 bridgehead atoms. The van der Waals surface area contributed by atoms with Crippen LogP contribution in [0.1, 0.15) is 6.92 Å². The van der Waals surface area contributed by atoms with Crippen LogP contribution in [0.3, 0.4) is 0 Å². The normalized spacial score (nSPS) is 12.5. The zero-order chi connectivity index (χ0) is 9.68. The Balaban J connectivity index is 2.41. The fourth-order valence-corrected chi connectivity index (χ4v) is 1.06. The standard InChI is InChI=1S/C9H13BrN2O/c1-7(6-13)4-11-9-3-2-8(10)5-12-9/h2-3,5,7,13H,4,6H2,1H3,(H,11,12). The lowest BCUT2D eigenvalue weighted by molar-refractivity contribution is 0.244. The molecule has 0 aliphatic heterocycles. The second-order valence-electron chi connectivity index (χ2n) is 3.03. The van der Waals surface area contributed by atoms with Gasteiger partial charge in [0.1, 0.15) is 5.82 Å². The molecule has 0 fully saturated rings. The van der Waals surface area contributed by atoms with Gasteiger partial charge in [-0.2, -0.15) is 0 Å². The van der Waals surface area contributed by atoms with Gasteiger partial charge in [-0.3, -0.25) is 0 Å². The first kappa shape index (κ1) is 10.5. The summed E-state index contributed by atoms with van der Waals surface area (Å²) >= 11 is 3.31. The van der Waals surface area contributed by atoms with E-state index in [2.05, 4.69) is 26.2 Å². The smallest absolute Gasteiger partial charge is 0.125 e. The van der Waals surface area contributed by atoms with Gasteiger partial charge in [0, 0.05) is 23.8 Å². The van der Waals surface area contributed by atoms with Crippen LogP contribution in [-0.2, 0) is 0 Å². The van der Waals surface area contributed by atoms with Crippen LogP contribution in [0.2, 0.25) is 0 Å². The minimum absolute atomic E-state index is 0.198. The monoisotopic (exact) mass is 244 g/mol. The molecule has 13 heavy (non-hydrogen) atoms. The zero-order valence-electron chi connectivity index (χ0n) is 7.50. The SMILES string of the molecule is CC(CO)CNc1ccc(Br)cn1. The molecule has 1 aromatic rings. The van der Waals surface area contributed by atoms with Crippen molar-refractivity contribution >= 4 is 21.7 Å². The highest BCUT2D eigenvalue weighted by Gasteiger charge is 1.99. The van der Waals surface area contributed by atoms with Crippen molar-refractivity contribution in [3.05, 3.63) is 22.8 Å². The molecule has 0 amide bonds. The maximum Gasteiger partial charge on any atom is 0.125 e. The molecule has 0 saturated heterocycles. The molecule has 3 nitrogen and oxygen atoms in total. The average molecular weight is 245 g/mol. The highest BCUT2D eigenvalue weighted by Crippen LogP contribution is 2.10. The van der Waals surface area contributed by atoms with Crippen LogP contribution < -0.4 is 5.32 Å². The van der Waals surface area contributed by atoms with Crippen LogP contribution >= 0.6 is 15.9 Å². The van der Waals surface area contributed by atoms with Crippen LogP contribution in [0.5, 0.6) is 0 Å². The lowest BCUT2D eigenvalue weighted by Gasteiger charge is -2.09. The summed E-state index contributed by atoms with van der Waals surface area (Å²) in [5.74, 6) is 1.09. The molecule has 72 valence electrons. The maximum atomic E-state index is 8.79. The number of halogens is 1. The third-order valence-corrected chi connectivity index (χ3v) is 2.14. The summed E-state index contributed by atoms with van der Waals surface area (Å²) in [6.07, 6.45) is 1.74. The molecular formula is C9H13BrN2O. The molecule has 0 saturated carbocycles. The van der Waals surface area contributed by atoms with Crippen molar-refractivity contribution in [2.24, 2.45) is 5.92 Å². The first-order valence-corrected chi connectivity index (χ1v) is 4.98. The van der Waals surface area contributed by atoms with Crippen molar-refractivity contribution in [2.75, 3.05) is 18.5 Å². The van der Waals surface area contributed by atoms with E-state index in [1.54, 1.807) is 6.20 Å². The van der Waals surface area contributed by atoms with Gasteiger partial charge < -0.3 is 10.4 Å². The van der Waals surface area contributed by atoms with Crippen LogP contribution in [0.4, 0.5) is 5.82 Å². The van der Waals surface area contributed by atoms with E-state index in [-0.39, 0.29) is 12.5 Å². The summed E-state index contributed by atoms with van der Waals surface area (Å²) < 4.78 is 0.966. The van der Waals surface area contributed by atoms with Gasteiger partial charge in [0.05, 0.1) is 0 Å². The van der Waals surface area contributed by atoms with Crippen LogP contribution in [-0.4, -0.2) is 23.2 Å². The summed E-state index contributed by atoms with van der Waals surface area (Å²) in [4.78, 5) is 4.14. The van der Waals surface area contributed by atoms with E-state index in [0.717, 1.165) is 16.8 Å². The third-order valence-electron chi connectivity index (χ3n) is 1.67. The van der Waals surface area contributed by atoms with E-state index < -0.39 is 0 Å². The topological polar surface area (TPSA) is 45.1 Å². The molecule has 1 heterocycles. The average Bonchev–Trinajstić information content (AvgIpc) is 2.16. The molecule has 0 radical (unpaired) electrons. The highest BCUT2D eigenvalue weighted by molar-refractivity contribution is 9.10. The number of hydrogen-bond donors (Lipinski definition) is 2. The molecule has 4 heteroatoms. The number of aromatic nitrogens is 1. The highest BCUT2D eigenvalue weighted by atomic mass is 79.9. The van der Waals surface area contributed by atoms with Crippen LogP contribution in [0.15, 0.2) is 22.8 Å². The summed E-state index contributed by atoms with van der Waals surface area (Å²) in [6, 6.07) is 3.83. The number of anilines is 1. The fraction of sp³-hybridized carbons (Fsp3) is 0.444. The molecule has 0 aliphatic rings. The van der Waals surface area contributed by atoms with Crippen LogP contribution in [0, 0.1) is 5.92 Å². The lowest BCUT2D eigenvalue weighted by atomic mass is 10.2. The van der Waals surface area contributed by atoms with Gasteiger partial charge >= 0.3 is 0 Å². The largest absolute Gasteiger partial charge is 0.396 e. The number of nitrogens with zero attached hydrogens (tertiary/aromatic N) is 1. The van der Waals surface area contributed by atoms with Crippen molar-refractivity contribution < 1.29 is 5.11 Å². The van der Waals surface area contributed by atoms with E-state index in [4.69, 9.17) is 5.11 Å². The van der Waals surface area contributed by atoms with Gasteiger partial charge in [0.15, 0.2) is 0 Å². The minimum Gasteiger partial charge on any atom is -0.396 e. The number of aliphatic hydroxyl groups is 1. The number of nitrogens with one attached hydrogen (secondary N) is 1. The van der Waals surface area contributed by atoms with Gasteiger partial charge in [0.2, 0.25) is 0 Å². The van der Waals surface area contributed by atoms with E-state index in [1.165, 1.54) is 0 Å². The van der Waals surface area contributed by atoms with Gasteiger partial charge in [-0.15, -0.1) is 0 Å². The van der Waals surface area contributed by atoms with Crippen molar-refractivity contribution in [3.8, 4) is 0 Å². The molecule has 1 rings (SSSR count). The summed E-state index contributed by atoms with van der Waals surface area (Å²) in [5.41, 5.74) is 0. The van der Waals surface area contributed by atoms with E-state index in [9.17, 15) is 0 Å². The van der Waals surface area contributed by atoms with Gasteiger partial charge in [-0.1, -0.05) is 6.92 Å². The Morgan fingerprint density at radius 3 is 2.92 bits per heavy atom. The first-order valence-electron chi connectivity index (χ1n) is 4.18. The van der Waals surface area contributed by atoms with Crippen molar-refractivity contribution in [3.63, 3.8) is 0 Å². The Hall–Kier alpha value is -0.610. The van der Waals surface area contributed by atoms with E-state index in [1.807, 2.05) is 19.1 Å². The first-order chi connectivity index (χ1) is 6.22. The molecular weight excluding hydrogens is 232 g/mol. The molecule has 2 N–H and O–H groups in total. The predicted molar refractivity (Wildman–Crippen MR) is 56.7 cm³/mol. The fourth-order valence-electron chi connectivity index (χ4n) is 0.824. The molecule has 1 unspecified atom stereocenters. The van der Waals surface area contributed by atoms with Crippen LogP contribution in [0.25, 0.3) is 0 Å². The minimum atomic E-state index is 0.198. The molecule has 1 atom stereocenters. The number of pyridine rings is 1. The maximum absolute atomic E-state index is 8.79. The Morgan fingerprint density at radius 1 is 1.62 bits per heavy atom. The Bertz CT molecular complexity index is 250. The van der Waals surface area contributed by atoms with Crippen molar-refractivity contribution in [1.29, 1.82) is 0 Å².